The van der Waals surface area contributed by atoms with E-state index in [2.05, 4.69) is 11.5 Å². The maximum absolute atomic E-state index is 11.3. The molecule has 2 unspecified atom stereocenters. The molecule has 2 atom stereocenters. The molecular weight excluding hydrogens is 258 g/mol. The normalized spacial score (nSPS) is 21.2. The van der Waals surface area contributed by atoms with Crippen LogP contribution >= 0.6 is 0 Å². The molecule has 6 heteroatoms. The van der Waals surface area contributed by atoms with E-state index in [1.54, 1.807) is 0 Å². The zero-order valence-electron chi connectivity index (χ0n) is 11.0. The van der Waals surface area contributed by atoms with Crippen LogP contribution in [-0.4, -0.2) is 24.7 Å². The molecule has 0 aromatic heterocycles. The van der Waals surface area contributed by atoms with Gasteiger partial charge in [-0.05, 0) is 30.5 Å². The average molecular weight is 275 g/mol. The summed E-state index contributed by atoms with van der Waals surface area (Å²) >= 11 is 0. The molecule has 1 saturated heterocycles. The Hall–Kier alpha value is -2.10. The minimum absolute atomic E-state index is 0.101. The van der Waals surface area contributed by atoms with Crippen molar-refractivity contribution in [2.24, 2.45) is 5.84 Å². The SMILES string of the molecule is N#CCc1ccc(OCC2CCC(C(=O)NN)O2)cc1. The maximum Gasteiger partial charge on any atom is 0.263 e. The smallest absolute Gasteiger partial charge is 0.263 e. The molecule has 1 heterocycles. The Labute approximate surface area is 117 Å². The molecule has 1 aromatic rings. The number of ether oxygens (including phenoxy) is 2. The quantitative estimate of drug-likeness (QED) is 0.467. The third kappa shape index (κ3) is 3.70. The van der Waals surface area contributed by atoms with Crippen molar-refractivity contribution in [2.45, 2.75) is 31.5 Å². The lowest BCUT2D eigenvalue weighted by Crippen LogP contribution is -2.39. The Morgan fingerprint density at radius 3 is 2.85 bits per heavy atom. The summed E-state index contributed by atoms with van der Waals surface area (Å²) in [7, 11) is 0. The Morgan fingerprint density at radius 2 is 2.20 bits per heavy atom. The third-order valence-electron chi connectivity index (χ3n) is 3.18. The molecule has 106 valence electrons. The van der Waals surface area contributed by atoms with Crippen LogP contribution in [0, 0.1) is 11.3 Å². The predicted octanol–water partition coefficient (Wildman–Crippen LogP) is 0.669. The van der Waals surface area contributed by atoms with Crippen molar-refractivity contribution < 1.29 is 14.3 Å². The van der Waals surface area contributed by atoms with Crippen LogP contribution in [0.3, 0.4) is 0 Å². The minimum Gasteiger partial charge on any atom is -0.491 e. The number of carbonyl (C=O) groups is 1. The second-order valence-electron chi connectivity index (χ2n) is 4.62. The van der Waals surface area contributed by atoms with Crippen LogP contribution in [0.2, 0.25) is 0 Å². The van der Waals surface area contributed by atoms with Gasteiger partial charge in [-0.15, -0.1) is 0 Å². The van der Waals surface area contributed by atoms with Crippen LogP contribution in [0.1, 0.15) is 18.4 Å². The van der Waals surface area contributed by atoms with Gasteiger partial charge in [0.25, 0.3) is 5.91 Å². The molecule has 6 nitrogen and oxygen atoms in total. The molecule has 0 bridgehead atoms. The first kappa shape index (κ1) is 14.3. The van der Waals surface area contributed by atoms with Gasteiger partial charge >= 0.3 is 0 Å². The molecular formula is C14H17N3O3. The number of amides is 1. The molecule has 2 rings (SSSR count). The van der Waals surface area contributed by atoms with Crippen molar-refractivity contribution >= 4 is 5.91 Å². The molecule has 1 aromatic carbocycles. The summed E-state index contributed by atoms with van der Waals surface area (Å²) in [5.74, 6) is 5.49. The van der Waals surface area contributed by atoms with Gasteiger partial charge in [0, 0.05) is 0 Å². The minimum atomic E-state index is -0.480. The lowest BCUT2D eigenvalue weighted by Gasteiger charge is -2.13. The van der Waals surface area contributed by atoms with E-state index in [4.69, 9.17) is 20.6 Å². The number of nitriles is 1. The van der Waals surface area contributed by atoms with Gasteiger partial charge in [-0.2, -0.15) is 5.26 Å². The third-order valence-corrected chi connectivity index (χ3v) is 3.18. The van der Waals surface area contributed by atoms with Gasteiger partial charge in [0.2, 0.25) is 0 Å². The van der Waals surface area contributed by atoms with Crippen molar-refractivity contribution in [3.05, 3.63) is 29.8 Å². The second kappa shape index (κ2) is 6.89. The Morgan fingerprint density at radius 1 is 1.45 bits per heavy atom. The molecule has 1 aliphatic heterocycles. The van der Waals surface area contributed by atoms with Crippen LogP contribution in [0.25, 0.3) is 0 Å². The van der Waals surface area contributed by atoms with Gasteiger partial charge in [-0.25, -0.2) is 5.84 Å². The van der Waals surface area contributed by atoms with E-state index in [9.17, 15) is 4.79 Å². The van der Waals surface area contributed by atoms with E-state index >= 15 is 0 Å². The number of hydrogen-bond acceptors (Lipinski definition) is 5. The van der Waals surface area contributed by atoms with Crippen LogP contribution in [0.4, 0.5) is 0 Å². The molecule has 0 aliphatic carbocycles. The van der Waals surface area contributed by atoms with Crippen molar-refractivity contribution in [2.75, 3.05) is 6.61 Å². The highest BCUT2D eigenvalue weighted by atomic mass is 16.5. The number of hydrogen-bond donors (Lipinski definition) is 2. The Kier molecular flexibility index (Phi) is 4.93. The zero-order valence-corrected chi connectivity index (χ0v) is 11.0. The van der Waals surface area contributed by atoms with E-state index in [1.165, 1.54) is 0 Å². The van der Waals surface area contributed by atoms with Crippen LogP contribution in [-0.2, 0) is 16.0 Å². The van der Waals surface area contributed by atoms with Crippen molar-refractivity contribution in [3.8, 4) is 11.8 Å². The fourth-order valence-electron chi connectivity index (χ4n) is 2.10. The molecule has 0 radical (unpaired) electrons. The van der Waals surface area contributed by atoms with E-state index in [-0.39, 0.29) is 12.0 Å². The van der Waals surface area contributed by atoms with Gasteiger partial charge in [0.05, 0.1) is 18.6 Å². The summed E-state index contributed by atoms with van der Waals surface area (Å²) in [5, 5.41) is 8.59. The largest absolute Gasteiger partial charge is 0.491 e. The topological polar surface area (TPSA) is 97.4 Å². The number of rotatable bonds is 5. The standard InChI is InChI=1S/C14H17N3O3/c15-8-7-10-1-3-11(4-2-10)19-9-12-5-6-13(20-12)14(18)17-16/h1-4,12-13H,5-7,9,16H2,(H,17,18). The first-order valence-electron chi connectivity index (χ1n) is 6.47. The summed E-state index contributed by atoms with van der Waals surface area (Å²) in [6, 6.07) is 9.46. The number of hydrazine groups is 1. The number of carbonyl (C=O) groups excluding carboxylic acids is 1. The van der Waals surface area contributed by atoms with Gasteiger partial charge in [0.15, 0.2) is 0 Å². The van der Waals surface area contributed by atoms with Gasteiger partial charge in [-0.3, -0.25) is 10.2 Å². The lowest BCUT2D eigenvalue weighted by atomic mass is 10.1. The monoisotopic (exact) mass is 275 g/mol. The van der Waals surface area contributed by atoms with Crippen molar-refractivity contribution in [1.82, 2.24) is 5.43 Å². The zero-order chi connectivity index (χ0) is 14.4. The van der Waals surface area contributed by atoms with Crippen LogP contribution < -0.4 is 16.0 Å². The molecule has 3 N–H and O–H groups in total. The maximum atomic E-state index is 11.3. The predicted molar refractivity (Wildman–Crippen MR) is 71.5 cm³/mol. The van der Waals surface area contributed by atoms with Crippen LogP contribution in [0.5, 0.6) is 5.75 Å². The highest BCUT2D eigenvalue weighted by Crippen LogP contribution is 2.21. The van der Waals surface area contributed by atoms with E-state index in [0.717, 1.165) is 17.7 Å². The molecule has 1 aliphatic rings. The first-order valence-corrected chi connectivity index (χ1v) is 6.47. The summed E-state index contributed by atoms with van der Waals surface area (Å²) in [6.07, 6.45) is 1.23. The number of nitrogens with one attached hydrogen (secondary N) is 1. The summed E-state index contributed by atoms with van der Waals surface area (Å²) in [5.41, 5.74) is 3.04. The second-order valence-corrected chi connectivity index (χ2v) is 4.62. The fraction of sp³-hybridized carbons (Fsp3) is 0.429. The number of nitrogens with zero attached hydrogens (tertiary/aromatic N) is 1. The molecule has 1 amide bonds. The van der Waals surface area contributed by atoms with Crippen molar-refractivity contribution in [3.63, 3.8) is 0 Å². The Balaban J connectivity index is 1.78. The summed E-state index contributed by atoms with van der Waals surface area (Å²) in [6.45, 7) is 0.395. The van der Waals surface area contributed by atoms with Gasteiger partial charge in [0.1, 0.15) is 18.5 Å². The van der Waals surface area contributed by atoms with Gasteiger partial charge in [-0.1, -0.05) is 12.1 Å². The van der Waals surface area contributed by atoms with Crippen molar-refractivity contribution in [1.29, 1.82) is 5.26 Å². The fourth-order valence-corrected chi connectivity index (χ4v) is 2.10. The average Bonchev–Trinajstić information content (AvgIpc) is 2.95. The number of benzene rings is 1. The highest BCUT2D eigenvalue weighted by molar-refractivity contribution is 5.80. The molecule has 0 saturated carbocycles. The first-order chi connectivity index (χ1) is 9.72. The molecule has 1 fully saturated rings. The van der Waals surface area contributed by atoms with E-state index < -0.39 is 6.10 Å². The van der Waals surface area contributed by atoms with E-state index in [0.29, 0.717) is 19.4 Å². The number of nitrogens with two attached hydrogens (primary N) is 1. The molecule has 0 spiro atoms. The van der Waals surface area contributed by atoms with E-state index in [1.807, 2.05) is 24.3 Å². The summed E-state index contributed by atoms with van der Waals surface area (Å²) in [4.78, 5) is 11.3. The highest BCUT2D eigenvalue weighted by Gasteiger charge is 2.30. The summed E-state index contributed by atoms with van der Waals surface area (Å²) < 4.78 is 11.2. The Bertz CT molecular complexity index is 495. The van der Waals surface area contributed by atoms with Gasteiger partial charge < -0.3 is 9.47 Å². The van der Waals surface area contributed by atoms with Crippen LogP contribution in [0.15, 0.2) is 24.3 Å². The molecule has 20 heavy (non-hydrogen) atoms. The lowest BCUT2D eigenvalue weighted by molar-refractivity contribution is -0.132.